The van der Waals surface area contributed by atoms with Crippen LogP contribution in [0.25, 0.3) is 0 Å². The summed E-state index contributed by atoms with van der Waals surface area (Å²) in [4.78, 5) is 25.8. The number of carbonyl (C=O) groups is 2. The molecule has 23 heavy (non-hydrogen) atoms. The van der Waals surface area contributed by atoms with Crippen LogP contribution in [0, 0.1) is 5.92 Å². The van der Waals surface area contributed by atoms with Crippen LogP contribution >= 0.6 is 24.2 Å². The smallest absolute Gasteiger partial charge is 0.307 e. The van der Waals surface area contributed by atoms with E-state index >= 15 is 0 Å². The molecule has 0 aromatic heterocycles. The zero-order valence-corrected chi connectivity index (χ0v) is 14.6. The van der Waals surface area contributed by atoms with Gasteiger partial charge in [-0.15, -0.1) is 24.2 Å². The van der Waals surface area contributed by atoms with Crippen LogP contribution in [0.4, 0.5) is 0 Å². The number of carboxylic acid groups (broad SMARTS) is 1. The van der Waals surface area contributed by atoms with E-state index in [0.717, 1.165) is 12.2 Å². The third kappa shape index (κ3) is 7.24. The predicted octanol–water partition coefficient (Wildman–Crippen LogP) is 2.11. The van der Waals surface area contributed by atoms with Crippen LogP contribution in [0.1, 0.15) is 12.8 Å². The fourth-order valence-electron chi connectivity index (χ4n) is 2.44. The van der Waals surface area contributed by atoms with E-state index in [1.165, 1.54) is 4.90 Å². The minimum absolute atomic E-state index is 0. The van der Waals surface area contributed by atoms with Gasteiger partial charge in [-0.05, 0) is 37.3 Å². The average molecular weight is 359 g/mol. The van der Waals surface area contributed by atoms with Crippen LogP contribution in [0.15, 0.2) is 35.2 Å². The molecular formula is C16H23ClN2O3S. The third-order valence-corrected chi connectivity index (χ3v) is 4.74. The van der Waals surface area contributed by atoms with Crippen LogP contribution in [0.5, 0.6) is 0 Å². The van der Waals surface area contributed by atoms with E-state index in [1.54, 1.807) is 11.8 Å². The molecule has 1 aliphatic heterocycles. The number of hydrogen-bond donors (Lipinski definition) is 2. The van der Waals surface area contributed by atoms with Crippen LogP contribution < -0.4 is 5.32 Å². The molecule has 1 atom stereocenters. The van der Waals surface area contributed by atoms with Gasteiger partial charge >= 0.3 is 5.97 Å². The Morgan fingerprint density at radius 2 is 2.04 bits per heavy atom. The number of hydrogen-bond acceptors (Lipinski definition) is 4. The molecule has 1 saturated heterocycles. The van der Waals surface area contributed by atoms with Crippen LogP contribution in [-0.4, -0.2) is 53.8 Å². The van der Waals surface area contributed by atoms with Gasteiger partial charge in [0.05, 0.1) is 12.5 Å². The lowest BCUT2D eigenvalue weighted by Crippen LogP contribution is -2.37. The number of likely N-dealkylation sites (tertiary alicyclic amines) is 1. The minimum Gasteiger partial charge on any atom is -0.481 e. The second-order valence-corrected chi connectivity index (χ2v) is 6.59. The number of nitrogens with one attached hydrogen (secondary N) is 1. The van der Waals surface area contributed by atoms with Crippen LogP contribution in [0.2, 0.25) is 0 Å². The van der Waals surface area contributed by atoms with Crippen molar-refractivity contribution in [3.8, 4) is 0 Å². The van der Waals surface area contributed by atoms with E-state index in [4.69, 9.17) is 5.11 Å². The molecule has 7 heteroatoms. The molecule has 0 bridgehead atoms. The van der Waals surface area contributed by atoms with Gasteiger partial charge in [-0.1, -0.05) is 18.2 Å². The number of amides is 1. The van der Waals surface area contributed by atoms with Gasteiger partial charge in [-0.3, -0.25) is 14.5 Å². The number of thioether (sulfide) groups is 1. The standard InChI is InChI=1S/C16H22N2O3S.ClH/c19-15(12-18-9-7-13(11-18)16(20)21)17-8-4-10-22-14-5-2-1-3-6-14;/h1-3,5-6,13H,4,7-12H2,(H,17,19)(H,20,21);1H. The predicted molar refractivity (Wildman–Crippen MR) is 94.2 cm³/mol. The van der Waals surface area contributed by atoms with Gasteiger partial charge in [0.2, 0.25) is 5.91 Å². The minimum atomic E-state index is -0.763. The highest BCUT2D eigenvalue weighted by Crippen LogP contribution is 2.17. The number of carboxylic acids is 1. The van der Waals surface area contributed by atoms with Crippen molar-refractivity contribution in [2.24, 2.45) is 5.92 Å². The van der Waals surface area contributed by atoms with E-state index < -0.39 is 5.97 Å². The van der Waals surface area contributed by atoms with Gasteiger partial charge in [-0.25, -0.2) is 0 Å². The molecule has 5 nitrogen and oxygen atoms in total. The Labute approximate surface area is 147 Å². The number of benzene rings is 1. The van der Waals surface area contributed by atoms with Crippen molar-refractivity contribution in [3.05, 3.63) is 30.3 Å². The normalized spacial score (nSPS) is 17.5. The third-order valence-electron chi connectivity index (χ3n) is 3.64. The van der Waals surface area contributed by atoms with Gasteiger partial charge < -0.3 is 10.4 Å². The molecular weight excluding hydrogens is 336 g/mol. The van der Waals surface area contributed by atoms with Gasteiger partial charge in [-0.2, -0.15) is 0 Å². The van der Waals surface area contributed by atoms with Gasteiger partial charge in [0.25, 0.3) is 0 Å². The zero-order valence-electron chi connectivity index (χ0n) is 12.9. The summed E-state index contributed by atoms with van der Waals surface area (Å²) >= 11 is 1.78. The quantitative estimate of drug-likeness (QED) is 0.550. The molecule has 0 radical (unpaired) electrons. The number of halogens is 1. The lowest BCUT2D eigenvalue weighted by molar-refractivity contribution is -0.141. The highest BCUT2D eigenvalue weighted by Gasteiger charge is 2.28. The zero-order chi connectivity index (χ0) is 15.8. The summed E-state index contributed by atoms with van der Waals surface area (Å²) in [7, 11) is 0. The topological polar surface area (TPSA) is 69.6 Å². The van der Waals surface area contributed by atoms with E-state index in [0.29, 0.717) is 32.6 Å². The first-order valence-corrected chi connectivity index (χ1v) is 8.53. The van der Waals surface area contributed by atoms with Crippen LogP contribution in [0.3, 0.4) is 0 Å². The largest absolute Gasteiger partial charge is 0.481 e. The summed E-state index contributed by atoms with van der Waals surface area (Å²) in [6.45, 7) is 2.13. The first-order valence-electron chi connectivity index (χ1n) is 7.55. The van der Waals surface area contributed by atoms with Crippen molar-refractivity contribution in [3.63, 3.8) is 0 Å². The SMILES string of the molecule is Cl.O=C(CN1CCC(C(=O)O)C1)NCCCSc1ccccc1. The highest BCUT2D eigenvalue weighted by atomic mass is 35.5. The number of nitrogens with zero attached hydrogens (tertiary/aromatic N) is 1. The first kappa shape index (κ1) is 19.8. The Hall–Kier alpha value is -1.24. The number of rotatable bonds is 8. The maximum absolute atomic E-state index is 11.8. The summed E-state index contributed by atoms with van der Waals surface area (Å²) in [6.07, 6.45) is 1.55. The van der Waals surface area contributed by atoms with E-state index in [9.17, 15) is 9.59 Å². The second kappa shape index (κ2) is 10.5. The van der Waals surface area contributed by atoms with Crippen molar-refractivity contribution in [1.82, 2.24) is 10.2 Å². The van der Waals surface area contributed by atoms with Crippen molar-refractivity contribution in [2.45, 2.75) is 17.7 Å². The number of aliphatic carboxylic acids is 1. The molecule has 0 aliphatic carbocycles. The Balaban J connectivity index is 0.00000264. The van der Waals surface area contributed by atoms with E-state index in [1.807, 2.05) is 23.1 Å². The van der Waals surface area contributed by atoms with Crippen molar-refractivity contribution in [2.75, 3.05) is 31.9 Å². The lowest BCUT2D eigenvalue weighted by atomic mass is 10.1. The monoisotopic (exact) mass is 358 g/mol. The van der Waals surface area contributed by atoms with E-state index in [2.05, 4.69) is 17.4 Å². The van der Waals surface area contributed by atoms with E-state index in [-0.39, 0.29) is 24.2 Å². The Kier molecular flexibility index (Phi) is 9.06. The lowest BCUT2D eigenvalue weighted by Gasteiger charge is -2.14. The van der Waals surface area contributed by atoms with Crippen molar-refractivity contribution in [1.29, 1.82) is 0 Å². The Morgan fingerprint density at radius 1 is 1.30 bits per heavy atom. The number of carbonyl (C=O) groups excluding carboxylic acids is 1. The Bertz CT molecular complexity index is 501. The van der Waals surface area contributed by atoms with Crippen LogP contribution in [-0.2, 0) is 9.59 Å². The molecule has 1 aromatic rings. The maximum atomic E-state index is 11.8. The first-order chi connectivity index (χ1) is 10.6. The van der Waals surface area contributed by atoms with Crippen molar-refractivity contribution < 1.29 is 14.7 Å². The van der Waals surface area contributed by atoms with Gasteiger partial charge in [0, 0.05) is 18.0 Å². The molecule has 1 fully saturated rings. The summed E-state index contributed by atoms with van der Waals surface area (Å²) in [5, 5.41) is 11.8. The molecule has 128 valence electrons. The molecule has 1 amide bonds. The molecule has 0 saturated carbocycles. The summed E-state index contributed by atoms with van der Waals surface area (Å²) in [6, 6.07) is 10.2. The molecule has 1 unspecified atom stereocenters. The maximum Gasteiger partial charge on any atom is 0.307 e. The molecule has 2 rings (SSSR count). The molecule has 2 N–H and O–H groups in total. The summed E-state index contributed by atoms with van der Waals surface area (Å²) in [5.41, 5.74) is 0. The molecule has 1 aromatic carbocycles. The molecule has 1 heterocycles. The average Bonchev–Trinajstić information content (AvgIpc) is 2.96. The highest BCUT2D eigenvalue weighted by molar-refractivity contribution is 7.99. The summed E-state index contributed by atoms with van der Waals surface area (Å²) in [5.74, 6) is -0.138. The molecule has 0 spiro atoms. The Morgan fingerprint density at radius 3 is 2.70 bits per heavy atom. The second-order valence-electron chi connectivity index (χ2n) is 5.42. The van der Waals surface area contributed by atoms with Gasteiger partial charge in [0.15, 0.2) is 0 Å². The van der Waals surface area contributed by atoms with Crippen molar-refractivity contribution >= 4 is 36.0 Å². The molecule has 1 aliphatic rings. The summed E-state index contributed by atoms with van der Waals surface area (Å²) < 4.78 is 0. The fourth-order valence-corrected chi connectivity index (χ4v) is 3.32. The fraction of sp³-hybridized carbons (Fsp3) is 0.500. The van der Waals surface area contributed by atoms with Gasteiger partial charge in [0.1, 0.15) is 0 Å².